The van der Waals surface area contributed by atoms with E-state index in [4.69, 9.17) is 9.47 Å². The van der Waals surface area contributed by atoms with Gasteiger partial charge in [0.2, 0.25) is 5.88 Å². The highest BCUT2D eigenvalue weighted by molar-refractivity contribution is 7.59. The van der Waals surface area contributed by atoms with Gasteiger partial charge in [0.05, 0.1) is 37.7 Å². The summed E-state index contributed by atoms with van der Waals surface area (Å²) in [5.74, 6) is 0.873. The third kappa shape index (κ3) is 4.60. The van der Waals surface area contributed by atoms with Crippen LogP contribution >= 0.6 is 13.5 Å². The number of rotatable bonds is 6. The van der Waals surface area contributed by atoms with E-state index in [1.165, 1.54) is 36.6 Å². The number of ether oxygens (including phenoxy) is 2. The average molecular weight is 461 g/mol. The quantitative estimate of drug-likeness (QED) is 0.511. The summed E-state index contributed by atoms with van der Waals surface area (Å²) < 4.78 is 14.1. The predicted molar refractivity (Wildman–Crippen MR) is 126 cm³/mol. The van der Waals surface area contributed by atoms with Gasteiger partial charge in [0.25, 0.3) is 5.95 Å². The first-order valence-corrected chi connectivity index (χ1v) is 10.8. The second-order valence-corrected chi connectivity index (χ2v) is 8.99. The molecule has 1 aliphatic rings. The Morgan fingerprint density at radius 1 is 1.22 bits per heavy atom. The molecular weight excluding hydrogens is 428 g/mol. The lowest BCUT2D eigenvalue weighted by Gasteiger charge is -2.37. The molecule has 0 aromatic carbocycles. The largest absolute Gasteiger partial charge is 0.479 e. The molecule has 10 heteroatoms. The molecule has 0 spiro atoms. The number of hydrogen-bond donors (Lipinski definition) is 0. The number of carbonyl (C=O) groups is 1. The molecule has 0 bridgehead atoms. The van der Waals surface area contributed by atoms with Crippen molar-refractivity contribution in [2.45, 2.75) is 59.4 Å². The SMILES string of the molecule is CCOC(=O)c1cnn(-c2nc(OC)c3c(cnn3[C@@H](C)C3CCC(C)(C)CC3)n2)c1.S. The summed E-state index contributed by atoms with van der Waals surface area (Å²) >= 11 is 0. The second kappa shape index (κ2) is 9.48. The molecule has 0 aliphatic heterocycles. The Bertz CT molecular complexity index is 1080. The van der Waals surface area contributed by atoms with Gasteiger partial charge in [0.15, 0.2) is 0 Å². The molecule has 1 saturated carbocycles. The minimum Gasteiger partial charge on any atom is -0.479 e. The van der Waals surface area contributed by atoms with Crippen LogP contribution in [0.25, 0.3) is 17.0 Å². The van der Waals surface area contributed by atoms with Gasteiger partial charge in [-0.1, -0.05) is 13.8 Å². The fraction of sp³-hybridized carbons (Fsp3) is 0.591. The molecule has 0 amide bonds. The van der Waals surface area contributed by atoms with E-state index in [2.05, 4.69) is 40.9 Å². The number of esters is 1. The third-order valence-electron chi connectivity index (χ3n) is 6.34. The molecule has 0 radical (unpaired) electrons. The Balaban J connectivity index is 0.00000289. The van der Waals surface area contributed by atoms with Gasteiger partial charge in [-0.25, -0.2) is 14.5 Å². The van der Waals surface area contributed by atoms with E-state index in [1.54, 1.807) is 26.4 Å². The van der Waals surface area contributed by atoms with Crippen molar-refractivity contribution >= 4 is 30.5 Å². The van der Waals surface area contributed by atoms with Gasteiger partial charge in [-0.05, 0) is 50.9 Å². The molecular formula is C22H32N6O3S. The Morgan fingerprint density at radius 3 is 2.59 bits per heavy atom. The summed E-state index contributed by atoms with van der Waals surface area (Å²) in [5, 5.41) is 8.85. The second-order valence-electron chi connectivity index (χ2n) is 8.99. The summed E-state index contributed by atoms with van der Waals surface area (Å²) in [7, 11) is 1.59. The summed E-state index contributed by atoms with van der Waals surface area (Å²) in [4.78, 5) is 21.1. The van der Waals surface area contributed by atoms with Crippen LogP contribution in [-0.4, -0.2) is 49.2 Å². The van der Waals surface area contributed by atoms with Crippen molar-refractivity contribution in [3.05, 3.63) is 24.2 Å². The van der Waals surface area contributed by atoms with Crippen molar-refractivity contribution in [1.82, 2.24) is 29.5 Å². The number of aromatic nitrogens is 6. The monoisotopic (exact) mass is 460 g/mol. The molecule has 9 nitrogen and oxygen atoms in total. The Labute approximate surface area is 195 Å². The van der Waals surface area contributed by atoms with Crippen LogP contribution in [0.1, 0.15) is 69.8 Å². The lowest BCUT2D eigenvalue weighted by molar-refractivity contribution is 0.0526. The van der Waals surface area contributed by atoms with Crippen LogP contribution in [0.2, 0.25) is 0 Å². The Kier molecular flexibility index (Phi) is 7.12. The first-order valence-electron chi connectivity index (χ1n) is 10.8. The maximum Gasteiger partial charge on any atom is 0.341 e. The number of hydrogen-bond acceptors (Lipinski definition) is 7. The van der Waals surface area contributed by atoms with Gasteiger partial charge in [0, 0.05) is 6.20 Å². The van der Waals surface area contributed by atoms with Crippen molar-refractivity contribution in [3.8, 4) is 11.8 Å². The van der Waals surface area contributed by atoms with Gasteiger partial charge in [-0.3, -0.25) is 4.68 Å². The van der Waals surface area contributed by atoms with E-state index in [0.29, 0.717) is 40.8 Å². The van der Waals surface area contributed by atoms with Crippen molar-refractivity contribution in [1.29, 1.82) is 0 Å². The maximum atomic E-state index is 11.9. The van der Waals surface area contributed by atoms with E-state index in [-0.39, 0.29) is 19.5 Å². The van der Waals surface area contributed by atoms with Crippen LogP contribution in [0.3, 0.4) is 0 Å². The van der Waals surface area contributed by atoms with Gasteiger partial charge >= 0.3 is 5.97 Å². The minimum atomic E-state index is -0.431. The first-order chi connectivity index (χ1) is 14.8. The fourth-order valence-corrected chi connectivity index (χ4v) is 4.33. The molecule has 174 valence electrons. The van der Waals surface area contributed by atoms with Crippen LogP contribution in [0.4, 0.5) is 0 Å². The van der Waals surface area contributed by atoms with Gasteiger partial charge in [0.1, 0.15) is 11.0 Å². The highest BCUT2D eigenvalue weighted by Crippen LogP contribution is 2.42. The normalized spacial score (nSPS) is 17.0. The zero-order valence-electron chi connectivity index (χ0n) is 19.3. The van der Waals surface area contributed by atoms with Gasteiger partial charge in [-0.2, -0.15) is 28.7 Å². The van der Waals surface area contributed by atoms with Crippen LogP contribution in [0.15, 0.2) is 18.6 Å². The zero-order valence-corrected chi connectivity index (χ0v) is 20.3. The predicted octanol–water partition coefficient (Wildman–Crippen LogP) is 4.09. The van der Waals surface area contributed by atoms with Gasteiger partial charge in [-0.15, -0.1) is 0 Å². The summed E-state index contributed by atoms with van der Waals surface area (Å²) in [6, 6.07) is 0.220. The molecule has 3 aromatic rings. The molecule has 3 aromatic heterocycles. The summed E-state index contributed by atoms with van der Waals surface area (Å²) in [6.07, 6.45) is 9.54. The highest BCUT2D eigenvalue weighted by atomic mass is 32.1. The maximum absolute atomic E-state index is 11.9. The number of nitrogens with zero attached hydrogens (tertiary/aromatic N) is 6. The molecule has 1 atom stereocenters. The van der Waals surface area contributed by atoms with E-state index < -0.39 is 5.97 Å². The minimum absolute atomic E-state index is 0. The number of fused-ring (bicyclic) bond motifs is 1. The third-order valence-corrected chi connectivity index (χ3v) is 6.34. The smallest absolute Gasteiger partial charge is 0.341 e. The van der Waals surface area contributed by atoms with E-state index in [9.17, 15) is 4.79 Å². The highest BCUT2D eigenvalue weighted by Gasteiger charge is 2.32. The zero-order chi connectivity index (χ0) is 22.2. The van der Waals surface area contributed by atoms with Crippen molar-refractivity contribution < 1.29 is 14.3 Å². The molecule has 32 heavy (non-hydrogen) atoms. The standard InChI is InChI=1S/C22H30N6O3.H2S/c1-6-31-20(29)16-11-23-27(13-16)21-25-17-12-24-28(18(17)19(26-21)30-5)14(2)15-7-9-22(3,4)10-8-15;/h11-15H,6-10H2,1-5H3;1H2/t14-;/m0./s1. The van der Waals surface area contributed by atoms with E-state index in [0.717, 1.165) is 5.52 Å². The molecule has 1 fully saturated rings. The molecule has 3 heterocycles. The van der Waals surface area contributed by atoms with Crippen molar-refractivity contribution in [2.75, 3.05) is 13.7 Å². The average Bonchev–Trinajstić information content (AvgIpc) is 3.40. The summed E-state index contributed by atoms with van der Waals surface area (Å²) in [6.45, 7) is 8.96. The number of methoxy groups -OCH3 is 1. The van der Waals surface area contributed by atoms with Crippen molar-refractivity contribution in [3.63, 3.8) is 0 Å². The molecule has 0 N–H and O–H groups in total. The lowest BCUT2D eigenvalue weighted by Crippen LogP contribution is -2.27. The van der Waals surface area contributed by atoms with Gasteiger partial charge < -0.3 is 9.47 Å². The first kappa shape index (κ1) is 24.0. The number of carbonyl (C=O) groups excluding carboxylic acids is 1. The molecule has 0 saturated heterocycles. The fourth-order valence-electron chi connectivity index (χ4n) is 4.33. The summed E-state index contributed by atoms with van der Waals surface area (Å²) in [5.41, 5.74) is 2.22. The van der Waals surface area contributed by atoms with Crippen molar-refractivity contribution in [2.24, 2.45) is 11.3 Å². The Hall–Kier alpha value is -2.62. The van der Waals surface area contributed by atoms with Crippen LogP contribution in [-0.2, 0) is 4.74 Å². The molecule has 0 unspecified atom stereocenters. The van der Waals surface area contributed by atoms with Crippen LogP contribution in [0.5, 0.6) is 5.88 Å². The lowest BCUT2D eigenvalue weighted by atomic mass is 9.71. The van der Waals surface area contributed by atoms with Crippen LogP contribution in [0, 0.1) is 11.3 Å². The van der Waals surface area contributed by atoms with E-state index in [1.807, 2.05) is 4.68 Å². The molecule has 4 rings (SSSR count). The van der Waals surface area contributed by atoms with E-state index >= 15 is 0 Å². The topological polar surface area (TPSA) is 97.0 Å². The van der Waals surface area contributed by atoms with Crippen LogP contribution < -0.4 is 4.74 Å². The molecule has 1 aliphatic carbocycles. The Morgan fingerprint density at radius 2 is 1.94 bits per heavy atom.